The van der Waals surface area contributed by atoms with Crippen LogP contribution in [-0.2, 0) is 0 Å². The van der Waals surface area contributed by atoms with Gasteiger partial charge in [-0.3, -0.25) is 0 Å². The van der Waals surface area contributed by atoms with Gasteiger partial charge in [-0.15, -0.1) is 23.1 Å². The standard InChI is InChI=1S/C54H34N2S2/c1-2-13-35(14-3-1)55-47-21-8-4-15-37(47)43-29-33(25-27-49(43)55)34-26-28-50-44(30-34)38-16-5-9-22-48(38)56(50)36-31-45-40-18-7-11-24-52(40)58-54(45)46(32-36)42-20-12-19-41-39-17-6-10-23-51(39)57-53(41)42/h1-32,42,53H. The van der Waals surface area contributed by atoms with Crippen LogP contribution in [0.1, 0.15) is 17.0 Å². The molecular weight excluding hydrogens is 741 g/mol. The lowest BCUT2D eigenvalue weighted by molar-refractivity contribution is 0.900. The molecule has 2 unspecified atom stereocenters. The van der Waals surface area contributed by atoms with Gasteiger partial charge in [0, 0.05) is 69.2 Å². The topological polar surface area (TPSA) is 9.86 Å². The number of rotatable bonds is 4. The van der Waals surface area contributed by atoms with Gasteiger partial charge in [-0.2, -0.15) is 0 Å². The summed E-state index contributed by atoms with van der Waals surface area (Å²) < 4.78 is 7.63. The summed E-state index contributed by atoms with van der Waals surface area (Å²) in [6, 6.07) is 65.3. The number of allylic oxidation sites excluding steroid dienone is 3. The minimum absolute atomic E-state index is 0.246. The molecule has 2 atom stereocenters. The first-order valence-corrected chi connectivity index (χ1v) is 21.7. The fourth-order valence-corrected chi connectivity index (χ4v) is 12.6. The number of hydrogen-bond acceptors (Lipinski definition) is 2. The minimum atomic E-state index is 0.246. The van der Waals surface area contributed by atoms with Crippen molar-refractivity contribution < 1.29 is 0 Å². The van der Waals surface area contributed by atoms with E-state index in [2.05, 4.69) is 203 Å². The van der Waals surface area contributed by atoms with Gasteiger partial charge in [0.05, 0.1) is 22.1 Å². The van der Waals surface area contributed by atoms with Crippen molar-refractivity contribution in [1.82, 2.24) is 9.13 Å². The smallest absolute Gasteiger partial charge is 0.0541 e. The molecule has 0 bridgehead atoms. The van der Waals surface area contributed by atoms with Gasteiger partial charge in [0.2, 0.25) is 0 Å². The van der Waals surface area contributed by atoms with Crippen LogP contribution in [-0.4, -0.2) is 14.4 Å². The van der Waals surface area contributed by atoms with Crippen LogP contribution in [0, 0.1) is 0 Å². The molecular formula is C54H34N2S2. The lowest BCUT2D eigenvalue weighted by atomic mass is 9.84. The Hall–Kier alpha value is -6.59. The highest BCUT2D eigenvalue weighted by Crippen LogP contribution is 2.54. The van der Waals surface area contributed by atoms with E-state index in [0.29, 0.717) is 5.25 Å². The lowest BCUT2D eigenvalue weighted by Crippen LogP contribution is -2.15. The molecule has 0 saturated heterocycles. The number of benzene rings is 8. The Labute approximate surface area is 343 Å². The van der Waals surface area contributed by atoms with Crippen LogP contribution in [0.5, 0.6) is 0 Å². The molecule has 0 amide bonds. The Morgan fingerprint density at radius 3 is 1.79 bits per heavy atom. The highest BCUT2D eigenvalue weighted by atomic mass is 32.2. The summed E-state index contributed by atoms with van der Waals surface area (Å²) in [4.78, 5) is 1.38. The second kappa shape index (κ2) is 12.5. The molecule has 0 radical (unpaired) electrons. The maximum Gasteiger partial charge on any atom is 0.0541 e. The number of nitrogens with zero attached hydrogens (tertiary/aromatic N) is 2. The molecule has 1 aliphatic carbocycles. The summed E-state index contributed by atoms with van der Waals surface area (Å²) in [5, 5.41) is 8.07. The van der Waals surface area contributed by atoms with E-state index in [0.717, 1.165) is 0 Å². The largest absolute Gasteiger partial charge is 0.309 e. The van der Waals surface area contributed by atoms with Gasteiger partial charge >= 0.3 is 0 Å². The monoisotopic (exact) mass is 774 g/mol. The molecule has 8 aromatic carbocycles. The van der Waals surface area contributed by atoms with Gasteiger partial charge in [0.15, 0.2) is 0 Å². The zero-order valence-corrected chi connectivity index (χ0v) is 33.0. The molecule has 0 spiro atoms. The summed E-state index contributed by atoms with van der Waals surface area (Å²) in [6.45, 7) is 0. The van der Waals surface area contributed by atoms with E-state index in [1.54, 1.807) is 0 Å². The molecule has 58 heavy (non-hydrogen) atoms. The summed E-state index contributed by atoms with van der Waals surface area (Å²) in [7, 11) is 0. The van der Waals surface area contributed by atoms with Crippen LogP contribution in [0.15, 0.2) is 199 Å². The van der Waals surface area contributed by atoms with Crippen LogP contribution in [0.3, 0.4) is 0 Å². The van der Waals surface area contributed by atoms with E-state index in [9.17, 15) is 0 Å². The van der Waals surface area contributed by atoms with Crippen molar-refractivity contribution in [2.24, 2.45) is 0 Å². The highest BCUT2D eigenvalue weighted by Gasteiger charge is 2.36. The quantitative estimate of drug-likeness (QED) is 0.173. The van der Waals surface area contributed by atoms with Crippen LogP contribution in [0.25, 0.3) is 91.9 Å². The van der Waals surface area contributed by atoms with E-state index in [-0.39, 0.29) is 5.92 Å². The van der Waals surface area contributed by atoms with Crippen molar-refractivity contribution in [2.45, 2.75) is 16.1 Å². The molecule has 0 saturated carbocycles. The Balaban J connectivity index is 1.00. The first kappa shape index (κ1) is 32.5. The Bertz CT molecular complexity index is 3560. The molecule has 11 aromatic rings. The Morgan fingerprint density at radius 2 is 1.05 bits per heavy atom. The number of aromatic nitrogens is 2. The lowest BCUT2D eigenvalue weighted by Gasteiger charge is -2.26. The third-order valence-corrected chi connectivity index (χ3v) is 15.1. The Morgan fingerprint density at radius 1 is 0.448 bits per heavy atom. The zero-order chi connectivity index (χ0) is 37.9. The van der Waals surface area contributed by atoms with Gasteiger partial charge in [-0.1, -0.05) is 121 Å². The number of thiophene rings is 1. The number of thioether (sulfide) groups is 1. The van der Waals surface area contributed by atoms with Crippen LogP contribution >= 0.6 is 23.1 Å². The molecule has 2 nitrogen and oxygen atoms in total. The number of fused-ring (bicyclic) bond motifs is 12. The third kappa shape index (κ3) is 4.67. The second-order valence-corrected chi connectivity index (χ2v) is 17.8. The van der Waals surface area contributed by atoms with Gasteiger partial charge in [0.25, 0.3) is 0 Å². The molecule has 2 aliphatic rings. The van der Waals surface area contributed by atoms with Crippen molar-refractivity contribution in [3.8, 4) is 22.5 Å². The van der Waals surface area contributed by atoms with Crippen LogP contribution < -0.4 is 0 Å². The van der Waals surface area contributed by atoms with E-state index in [1.807, 2.05) is 23.1 Å². The molecule has 0 fully saturated rings. The van der Waals surface area contributed by atoms with E-state index >= 15 is 0 Å². The normalized spacial score (nSPS) is 16.2. The summed E-state index contributed by atoms with van der Waals surface area (Å²) in [6.07, 6.45) is 7.08. The minimum Gasteiger partial charge on any atom is -0.309 e. The highest BCUT2D eigenvalue weighted by molar-refractivity contribution is 8.01. The number of para-hydroxylation sites is 3. The van der Waals surface area contributed by atoms with Crippen LogP contribution in [0.2, 0.25) is 0 Å². The maximum atomic E-state index is 2.51. The zero-order valence-electron chi connectivity index (χ0n) is 31.3. The predicted octanol–water partition coefficient (Wildman–Crippen LogP) is 15.1. The summed E-state index contributed by atoms with van der Waals surface area (Å²) in [5.74, 6) is 0.246. The second-order valence-electron chi connectivity index (χ2n) is 15.6. The van der Waals surface area contributed by atoms with Gasteiger partial charge in [0.1, 0.15) is 0 Å². The Kier molecular flexibility index (Phi) is 6.98. The van der Waals surface area contributed by atoms with Crippen molar-refractivity contribution in [3.05, 3.63) is 205 Å². The summed E-state index contributed by atoms with van der Waals surface area (Å²) >= 11 is 3.97. The molecule has 4 heterocycles. The molecule has 1 aliphatic heterocycles. The third-order valence-electron chi connectivity index (χ3n) is 12.5. The van der Waals surface area contributed by atoms with Gasteiger partial charge < -0.3 is 9.13 Å². The SMILES string of the molecule is C1=CC(c2cc(-n3c4ccccc4c4cc(-c5ccc6c(c5)c5ccccc5n6-c5ccccc5)ccc43)cc3c2sc2ccccc23)C2Sc3ccccc3C2=C1. The molecule has 3 aromatic heterocycles. The van der Waals surface area contributed by atoms with E-state index in [1.165, 1.54) is 108 Å². The fraction of sp³-hybridized carbons (Fsp3) is 0.0370. The van der Waals surface area contributed by atoms with E-state index < -0.39 is 0 Å². The van der Waals surface area contributed by atoms with Crippen molar-refractivity contribution >= 4 is 92.5 Å². The molecule has 272 valence electrons. The maximum absolute atomic E-state index is 2.51. The van der Waals surface area contributed by atoms with E-state index in [4.69, 9.17) is 0 Å². The molecule has 4 heteroatoms. The van der Waals surface area contributed by atoms with Crippen molar-refractivity contribution in [1.29, 1.82) is 0 Å². The average molecular weight is 775 g/mol. The number of hydrogen-bond donors (Lipinski definition) is 0. The van der Waals surface area contributed by atoms with Crippen molar-refractivity contribution in [2.75, 3.05) is 0 Å². The average Bonchev–Trinajstić information content (AvgIpc) is 4.04. The predicted molar refractivity (Wildman–Crippen MR) is 249 cm³/mol. The van der Waals surface area contributed by atoms with Gasteiger partial charge in [-0.05, 0) is 101 Å². The molecule has 0 N–H and O–H groups in total. The van der Waals surface area contributed by atoms with Crippen molar-refractivity contribution in [3.63, 3.8) is 0 Å². The first-order valence-electron chi connectivity index (χ1n) is 20.0. The first-order chi connectivity index (χ1) is 28.8. The fourth-order valence-electron chi connectivity index (χ4n) is 9.91. The molecule has 13 rings (SSSR count). The van der Waals surface area contributed by atoms with Crippen LogP contribution in [0.4, 0.5) is 0 Å². The summed E-state index contributed by atoms with van der Waals surface area (Å²) in [5.41, 5.74) is 14.0. The van der Waals surface area contributed by atoms with Gasteiger partial charge in [-0.25, -0.2) is 0 Å².